The largest absolute Gasteiger partial charge is 0.507 e. The molecule has 0 saturated heterocycles. The van der Waals surface area contributed by atoms with Crippen molar-refractivity contribution >= 4 is 23.1 Å². The van der Waals surface area contributed by atoms with Crippen LogP contribution >= 0.6 is 0 Å². The molecular formula is C23H30N2O4. The summed E-state index contributed by atoms with van der Waals surface area (Å²) < 4.78 is 0. The summed E-state index contributed by atoms with van der Waals surface area (Å²) in [5, 5.41) is 20.9. The highest BCUT2D eigenvalue weighted by atomic mass is 16.3. The van der Waals surface area contributed by atoms with Crippen LogP contribution in [0.3, 0.4) is 0 Å². The van der Waals surface area contributed by atoms with Crippen molar-refractivity contribution in [3.63, 3.8) is 0 Å². The molecule has 2 rings (SSSR count). The number of Topliss-reactive ketones (excluding diaryl/α,β-unsaturated/α-hetero) is 1. The van der Waals surface area contributed by atoms with Crippen LogP contribution in [0.5, 0.6) is 11.5 Å². The summed E-state index contributed by atoms with van der Waals surface area (Å²) in [5.41, 5.74) is 3.41. The number of hydrogen-bond acceptors (Lipinski definition) is 5. The Bertz CT molecular complexity index is 937. The molecular weight excluding hydrogens is 368 g/mol. The van der Waals surface area contributed by atoms with Gasteiger partial charge in [-0.05, 0) is 51.0 Å². The molecule has 0 bridgehead atoms. The molecule has 2 aromatic rings. The number of carbonyl (C=O) groups is 2. The van der Waals surface area contributed by atoms with Crippen LogP contribution in [0.1, 0.15) is 59.0 Å². The molecule has 1 amide bonds. The highest BCUT2D eigenvalue weighted by Crippen LogP contribution is 2.33. The molecule has 2 aromatic carbocycles. The fourth-order valence-corrected chi connectivity index (χ4v) is 3.40. The van der Waals surface area contributed by atoms with Gasteiger partial charge in [0.05, 0.1) is 16.8 Å². The Morgan fingerprint density at radius 3 is 1.90 bits per heavy atom. The maximum atomic E-state index is 13.2. The molecule has 0 saturated carbocycles. The lowest BCUT2D eigenvalue weighted by Crippen LogP contribution is -2.31. The summed E-state index contributed by atoms with van der Waals surface area (Å²) in [4.78, 5) is 28.7. The Labute approximate surface area is 172 Å². The maximum Gasteiger partial charge on any atom is 0.262 e. The van der Waals surface area contributed by atoms with E-state index in [1.807, 2.05) is 32.7 Å². The van der Waals surface area contributed by atoms with Crippen molar-refractivity contribution in [2.75, 3.05) is 29.9 Å². The zero-order valence-corrected chi connectivity index (χ0v) is 18.0. The Hall–Kier alpha value is -3.02. The van der Waals surface area contributed by atoms with Gasteiger partial charge in [0.25, 0.3) is 5.91 Å². The number of rotatable bonds is 7. The zero-order chi connectivity index (χ0) is 21.9. The van der Waals surface area contributed by atoms with E-state index < -0.39 is 0 Å². The SMILES string of the molecule is CCC(=O)c1cc(C)c(N(CC)C(=O)c2cc(C)c(N(C)CC)cc2O)cc1O. The molecule has 156 valence electrons. The summed E-state index contributed by atoms with van der Waals surface area (Å²) in [6.45, 7) is 10.4. The summed E-state index contributed by atoms with van der Waals surface area (Å²) in [6.07, 6.45) is 0.286. The molecule has 0 atom stereocenters. The molecule has 0 radical (unpaired) electrons. The molecule has 0 aromatic heterocycles. The van der Waals surface area contributed by atoms with Gasteiger partial charge in [0, 0.05) is 44.4 Å². The molecule has 29 heavy (non-hydrogen) atoms. The average molecular weight is 399 g/mol. The third-order valence-corrected chi connectivity index (χ3v) is 5.22. The molecule has 2 N–H and O–H groups in total. The minimum absolute atomic E-state index is 0.0889. The van der Waals surface area contributed by atoms with E-state index in [1.165, 1.54) is 11.0 Å². The second-order valence-corrected chi connectivity index (χ2v) is 7.15. The van der Waals surface area contributed by atoms with Crippen LogP contribution in [0.4, 0.5) is 11.4 Å². The highest BCUT2D eigenvalue weighted by Gasteiger charge is 2.24. The first-order chi connectivity index (χ1) is 13.7. The molecule has 0 aliphatic rings. The van der Waals surface area contributed by atoms with Crippen LogP contribution in [0.15, 0.2) is 24.3 Å². The van der Waals surface area contributed by atoms with Crippen molar-refractivity contribution in [2.24, 2.45) is 0 Å². The van der Waals surface area contributed by atoms with Crippen LogP contribution in [0, 0.1) is 13.8 Å². The van der Waals surface area contributed by atoms with Gasteiger partial charge >= 0.3 is 0 Å². The van der Waals surface area contributed by atoms with Gasteiger partial charge in [0.2, 0.25) is 0 Å². The molecule has 0 spiro atoms. The predicted octanol–water partition coefficient (Wildman–Crippen LogP) is 4.43. The maximum absolute atomic E-state index is 13.2. The molecule has 0 unspecified atom stereocenters. The van der Waals surface area contributed by atoms with Crippen molar-refractivity contribution < 1.29 is 19.8 Å². The van der Waals surface area contributed by atoms with Gasteiger partial charge in [-0.1, -0.05) is 6.92 Å². The quantitative estimate of drug-likeness (QED) is 0.675. The van der Waals surface area contributed by atoms with Crippen LogP contribution < -0.4 is 9.80 Å². The fraction of sp³-hybridized carbons (Fsp3) is 0.391. The number of phenolic OH excluding ortho intramolecular Hbond substituents is 2. The zero-order valence-electron chi connectivity index (χ0n) is 18.0. The molecule has 6 heteroatoms. The van der Waals surface area contributed by atoms with Gasteiger partial charge in [-0.3, -0.25) is 9.59 Å². The molecule has 0 aliphatic heterocycles. The first kappa shape index (κ1) is 22.3. The standard InChI is InChI=1S/C23H30N2O4/c1-7-20(26)16-10-15(5)19(13-21(16)27)25(9-3)23(29)17-11-14(4)18(12-22(17)28)24(6)8-2/h10-13,27-28H,7-9H2,1-6H3. The lowest BCUT2D eigenvalue weighted by atomic mass is 10.0. The second kappa shape index (κ2) is 8.99. The number of nitrogens with zero attached hydrogens (tertiary/aromatic N) is 2. The van der Waals surface area contributed by atoms with Crippen LogP contribution in [0.2, 0.25) is 0 Å². The number of aromatic hydroxyl groups is 2. The van der Waals surface area contributed by atoms with Gasteiger partial charge in [-0.15, -0.1) is 0 Å². The summed E-state index contributed by atoms with van der Waals surface area (Å²) in [7, 11) is 1.92. The number of phenols is 2. The Morgan fingerprint density at radius 2 is 1.34 bits per heavy atom. The van der Waals surface area contributed by atoms with Crippen molar-refractivity contribution in [2.45, 2.75) is 41.0 Å². The molecule has 0 heterocycles. The number of aryl methyl sites for hydroxylation is 2. The Balaban J connectivity index is 2.50. The summed E-state index contributed by atoms with van der Waals surface area (Å²) >= 11 is 0. The monoisotopic (exact) mass is 398 g/mol. The summed E-state index contributed by atoms with van der Waals surface area (Å²) in [6, 6.07) is 6.35. The van der Waals surface area contributed by atoms with E-state index in [2.05, 4.69) is 0 Å². The molecule has 0 fully saturated rings. The van der Waals surface area contributed by atoms with Crippen LogP contribution in [-0.2, 0) is 0 Å². The van der Waals surface area contributed by atoms with E-state index in [0.717, 1.165) is 17.8 Å². The third kappa shape index (κ3) is 4.36. The number of carbonyl (C=O) groups excluding carboxylic acids is 2. The molecule has 0 aliphatic carbocycles. The number of amides is 1. The van der Waals surface area contributed by atoms with Crippen molar-refractivity contribution in [1.29, 1.82) is 0 Å². The van der Waals surface area contributed by atoms with E-state index in [9.17, 15) is 19.8 Å². The van der Waals surface area contributed by atoms with Gasteiger partial charge < -0.3 is 20.0 Å². The van der Waals surface area contributed by atoms with E-state index >= 15 is 0 Å². The van der Waals surface area contributed by atoms with E-state index in [4.69, 9.17) is 0 Å². The van der Waals surface area contributed by atoms with Gasteiger partial charge in [0.1, 0.15) is 11.5 Å². The third-order valence-electron chi connectivity index (χ3n) is 5.22. The van der Waals surface area contributed by atoms with E-state index in [-0.39, 0.29) is 40.7 Å². The van der Waals surface area contributed by atoms with Crippen molar-refractivity contribution in [3.05, 3.63) is 46.5 Å². The summed E-state index contributed by atoms with van der Waals surface area (Å²) in [5.74, 6) is -0.760. The van der Waals surface area contributed by atoms with E-state index in [1.54, 1.807) is 32.0 Å². The number of anilines is 2. The lowest BCUT2D eigenvalue weighted by molar-refractivity contribution is 0.0979. The molecule has 6 nitrogen and oxygen atoms in total. The van der Waals surface area contributed by atoms with E-state index in [0.29, 0.717) is 17.8 Å². The van der Waals surface area contributed by atoms with Crippen LogP contribution in [-0.4, -0.2) is 42.0 Å². The number of hydrogen-bond donors (Lipinski definition) is 2. The van der Waals surface area contributed by atoms with Gasteiger partial charge in [0.15, 0.2) is 5.78 Å². The topological polar surface area (TPSA) is 81.1 Å². The smallest absolute Gasteiger partial charge is 0.262 e. The lowest BCUT2D eigenvalue weighted by Gasteiger charge is -2.26. The average Bonchev–Trinajstić information content (AvgIpc) is 2.70. The van der Waals surface area contributed by atoms with Gasteiger partial charge in [-0.2, -0.15) is 0 Å². The first-order valence-corrected chi connectivity index (χ1v) is 9.89. The fourth-order valence-electron chi connectivity index (χ4n) is 3.40. The van der Waals surface area contributed by atoms with Crippen molar-refractivity contribution in [3.8, 4) is 11.5 Å². The minimum Gasteiger partial charge on any atom is -0.507 e. The van der Waals surface area contributed by atoms with Crippen molar-refractivity contribution in [1.82, 2.24) is 0 Å². The minimum atomic E-state index is -0.365. The Kier molecular flexibility index (Phi) is 6.90. The number of benzene rings is 2. The number of ketones is 1. The predicted molar refractivity (Wildman–Crippen MR) is 117 cm³/mol. The van der Waals surface area contributed by atoms with Crippen LogP contribution in [0.25, 0.3) is 0 Å². The normalized spacial score (nSPS) is 10.7. The Morgan fingerprint density at radius 1 is 0.828 bits per heavy atom. The second-order valence-electron chi connectivity index (χ2n) is 7.15. The first-order valence-electron chi connectivity index (χ1n) is 9.89. The highest BCUT2D eigenvalue weighted by molar-refractivity contribution is 6.09. The van der Waals surface area contributed by atoms with Gasteiger partial charge in [-0.25, -0.2) is 0 Å².